The molecule has 0 bridgehead atoms. The fraction of sp³-hybridized carbons (Fsp3) is 0.167. The number of aromatic nitrogens is 3. The van der Waals surface area contributed by atoms with Gasteiger partial charge >= 0.3 is 5.97 Å². The molecule has 1 N–H and O–H groups in total. The second kappa shape index (κ2) is 10.9. The Hall–Kier alpha value is -3.14. The highest BCUT2D eigenvalue weighted by molar-refractivity contribution is 7.99. The zero-order chi connectivity index (χ0) is 24.1. The van der Waals surface area contributed by atoms with E-state index in [0.717, 1.165) is 17.0 Å². The van der Waals surface area contributed by atoms with Gasteiger partial charge in [0.2, 0.25) is 5.91 Å². The molecule has 2 aromatic heterocycles. The number of esters is 1. The van der Waals surface area contributed by atoms with Crippen LogP contribution >= 0.6 is 34.7 Å². The maximum Gasteiger partial charge on any atom is 0.341 e. The fourth-order valence-corrected chi connectivity index (χ4v) is 5.27. The first-order valence-electron chi connectivity index (χ1n) is 10.4. The topological polar surface area (TPSA) is 86.1 Å². The number of nitrogens with zero attached hydrogens (tertiary/aromatic N) is 3. The predicted octanol–water partition coefficient (Wildman–Crippen LogP) is 5.86. The lowest BCUT2D eigenvalue weighted by atomic mass is 10.0. The number of methoxy groups -OCH3 is 1. The lowest BCUT2D eigenvalue weighted by Gasteiger charge is -2.09. The minimum Gasteiger partial charge on any atom is -0.465 e. The van der Waals surface area contributed by atoms with Crippen LogP contribution in [0, 0.1) is 0 Å². The summed E-state index contributed by atoms with van der Waals surface area (Å²) >= 11 is 8.55. The highest BCUT2D eigenvalue weighted by atomic mass is 35.5. The fourth-order valence-electron chi connectivity index (χ4n) is 3.37. The molecule has 0 unspecified atom stereocenters. The molecule has 4 aromatic rings. The lowest BCUT2D eigenvalue weighted by molar-refractivity contribution is -0.113. The van der Waals surface area contributed by atoms with Gasteiger partial charge in [-0.3, -0.25) is 4.79 Å². The van der Waals surface area contributed by atoms with Crippen molar-refractivity contribution in [2.24, 2.45) is 0 Å². The minimum atomic E-state index is -0.521. The molecule has 1 amide bonds. The van der Waals surface area contributed by atoms with Crippen molar-refractivity contribution in [2.75, 3.05) is 18.2 Å². The Morgan fingerprint density at radius 3 is 2.50 bits per heavy atom. The van der Waals surface area contributed by atoms with Crippen LogP contribution in [0.2, 0.25) is 5.02 Å². The van der Waals surface area contributed by atoms with Crippen LogP contribution in [-0.2, 0) is 16.1 Å². The van der Waals surface area contributed by atoms with Crippen LogP contribution in [0.3, 0.4) is 0 Å². The molecule has 0 aliphatic carbocycles. The van der Waals surface area contributed by atoms with Crippen LogP contribution in [0.5, 0.6) is 0 Å². The summed E-state index contributed by atoms with van der Waals surface area (Å²) in [4.78, 5) is 25.3. The Bertz CT molecular complexity index is 1300. The van der Waals surface area contributed by atoms with Gasteiger partial charge in [-0.1, -0.05) is 65.8 Å². The second-order valence-electron chi connectivity index (χ2n) is 7.11. The predicted molar refractivity (Wildman–Crippen MR) is 137 cm³/mol. The molecule has 0 radical (unpaired) electrons. The number of amides is 1. The van der Waals surface area contributed by atoms with Gasteiger partial charge in [-0.05, 0) is 24.6 Å². The Morgan fingerprint density at radius 2 is 1.82 bits per heavy atom. The van der Waals surface area contributed by atoms with Crippen molar-refractivity contribution in [2.45, 2.75) is 18.6 Å². The van der Waals surface area contributed by atoms with Crippen LogP contribution in [0.4, 0.5) is 5.00 Å². The average Bonchev–Trinajstić information content (AvgIpc) is 3.47. The van der Waals surface area contributed by atoms with Gasteiger partial charge in [0.1, 0.15) is 10.6 Å². The van der Waals surface area contributed by atoms with E-state index in [0.29, 0.717) is 32.9 Å². The summed E-state index contributed by atoms with van der Waals surface area (Å²) in [5.74, 6) is 0.0886. The van der Waals surface area contributed by atoms with Gasteiger partial charge in [0.15, 0.2) is 11.0 Å². The molecule has 4 rings (SSSR count). The zero-order valence-corrected chi connectivity index (χ0v) is 20.8. The highest BCUT2D eigenvalue weighted by Crippen LogP contribution is 2.37. The van der Waals surface area contributed by atoms with Gasteiger partial charge in [0.05, 0.1) is 12.9 Å². The third-order valence-electron chi connectivity index (χ3n) is 4.99. The number of rotatable bonds is 8. The molecule has 0 fully saturated rings. The van der Waals surface area contributed by atoms with Crippen molar-refractivity contribution in [1.29, 1.82) is 0 Å². The van der Waals surface area contributed by atoms with E-state index < -0.39 is 5.97 Å². The van der Waals surface area contributed by atoms with Crippen molar-refractivity contribution in [1.82, 2.24) is 14.8 Å². The average molecular weight is 513 g/mol. The molecule has 2 aromatic carbocycles. The lowest BCUT2D eigenvalue weighted by Crippen LogP contribution is -2.16. The number of hydrogen-bond donors (Lipinski definition) is 1. The van der Waals surface area contributed by atoms with E-state index in [9.17, 15) is 9.59 Å². The van der Waals surface area contributed by atoms with Crippen molar-refractivity contribution in [3.05, 3.63) is 70.6 Å². The highest BCUT2D eigenvalue weighted by Gasteiger charge is 2.23. The molecule has 0 aliphatic heterocycles. The van der Waals surface area contributed by atoms with Crippen LogP contribution < -0.4 is 5.32 Å². The normalized spacial score (nSPS) is 10.8. The van der Waals surface area contributed by atoms with E-state index in [1.54, 1.807) is 12.1 Å². The number of halogens is 1. The molecule has 0 saturated carbocycles. The molecule has 10 heteroatoms. The molecule has 0 saturated heterocycles. The van der Waals surface area contributed by atoms with Gasteiger partial charge in [0, 0.05) is 28.1 Å². The quantitative estimate of drug-likeness (QED) is 0.235. The Labute approximate surface area is 210 Å². The zero-order valence-electron chi connectivity index (χ0n) is 18.4. The number of thioether (sulfide) groups is 1. The van der Waals surface area contributed by atoms with Crippen LogP contribution in [0.15, 0.2) is 65.1 Å². The van der Waals surface area contributed by atoms with E-state index in [1.807, 2.05) is 59.3 Å². The summed E-state index contributed by atoms with van der Waals surface area (Å²) in [7, 11) is 1.31. The summed E-state index contributed by atoms with van der Waals surface area (Å²) in [6.07, 6.45) is 0. The van der Waals surface area contributed by atoms with Gasteiger partial charge in [-0.25, -0.2) is 4.79 Å². The summed E-state index contributed by atoms with van der Waals surface area (Å²) in [5.41, 5.74) is 2.76. The standard InChI is InChI=1S/C24H21ClN4O3S2/c1-3-29-21(16-7-5-4-6-8-16)27-28-24(29)34-14-19(30)26-22-20(23(31)32-2)18(13-33-22)15-9-11-17(25)12-10-15/h4-13H,3,14H2,1-2H3,(H,26,30). The minimum absolute atomic E-state index is 0.113. The summed E-state index contributed by atoms with van der Waals surface area (Å²) in [5, 5.41) is 14.9. The van der Waals surface area contributed by atoms with E-state index in [-0.39, 0.29) is 11.7 Å². The van der Waals surface area contributed by atoms with Gasteiger partial charge in [0.25, 0.3) is 0 Å². The number of carbonyl (C=O) groups is 2. The van der Waals surface area contributed by atoms with Crippen molar-refractivity contribution in [3.8, 4) is 22.5 Å². The molecule has 7 nitrogen and oxygen atoms in total. The molecule has 34 heavy (non-hydrogen) atoms. The van der Waals surface area contributed by atoms with E-state index >= 15 is 0 Å². The Balaban J connectivity index is 1.50. The SMILES string of the molecule is CCn1c(SCC(=O)Nc2scc(-c3ccc(Cl)cc3)c2C(=O)OC)nnc1-c1ccccc1. The maximum atomic E-state index is 12.8. The number of carbonyl (C=O) groups excluding carboxylic acids is 2. The largest absolute Gasteiger partial charge is 0.465 e. The van der Waals surface area contributed by atoms with E-state index in [1.165, 1.54) is 30.2 Å². The van der Waals surface area contributed by atoms with Crippen molar-refractivity contribution < 1.29 is 14.3 Å². The number of nitrogens with one attached hydrogen (secondary N) is 1. The monoisotopic (exact) mass is 512 g/mol. The first-order valence-corrected chi connectivity index (χ1v) is 12.6. The first-order chi connectivity index (χ1) is 16.5. The van der Waals surface area contributed by atoms with Gasteiger partial charge < -0.3 is 14.6 Å². The van der Waals surface area contributed by atoms with Crippen molar-refractivity contribution in [3.63, 3.8) is 0 Å². The Morgan fingerprint density at radius 1 is 1.09 bits per heavy atom. The maximum absolute atomic E-state index is 12.8. The molecule has 0 atom stereocenters. The number of benzene rings is 2. The summed E-state index contributed by atoms with van der Waals surface area (Å²) in [6.45, 7) is 2.68. The number of thiophene rings is 1. The van der Waals surface area contributed by atoms with Gasteiger partial charge in [-0.2, -0.15) is 0 Å². The molecular weight excluding hydrogens is 492 g/mol. The van der Waals surface area contributed by atoms with Crippen LogP contribution in [0.25, 0.3) is 22.5 Å². The first kappa shape index (κ1) is 24.0. The van der Waals surface area contributed by atoms with Gasteiger partial charge in [-0.15, -0.1) is 21.5 Å². The van der Waals surface area contributed by atoms with E-state index in [4.69, 9.17) is 16.3 Å². The van der Waals surface area contributed by atoms with E-state index in [2.05, 4.69) is 15.5 Å². The van der Waals surface area contributed by atoms with Crippen LogP contribution in [0.1, 0.15) is 17.3 Å². The third kappa shape index (κ3) is 5.16. The smallest absolute Gasteiger partial charge is 0.341 e. The summed E-state index contributed by atoms with van der Waals surface area (Å²) < 4.78 is 6.94. The molecule has 2 heterocycles. The number of hydrogen-bond acceptors (Lipinski definition) is 7. The number of ether oxygens (including phenoxy) is 1. The molecular formula is C24H21ClN4O3S2. The van der Waals surface area contributed by atoms with Crippen molar-refractivity contribution >= 4 is 51.6 Å². The second-order valence-corrected chi connectivity index (χ2v) is 9.36. The molecule has 0 aliphatic rings. The Kier molecular flexibility index (Phi) is 7.66. The third-order valence-corrected chi connectivity index (χ3v) is 7.10. The summed E-state index contributed by atoms with van der Waals surface area (Å²) in [6, 6.07) is 16.9. The van der Waals surface area contributed by atoms with Crippen LogP contribution in [-0.4, -0.2) is 39.5 Å². The number of anilines is 1. The molecule has 0 spiro atoms. The molecule has 174 valence electrons.